The predicted octanol–water partition coefficient (Wildman–Crippen LogP) is 2.06. The molecular formula is C21H23F2N7O2. The third-order valence-electron chi connectivity index (χ3n) is 5.49. The molecule has 2 amide bonds. The molecule has 1 aliphatic rings. The van der Waals surface area contributed by atoms with Crippen LogP contribution in [0.5, 0.6) is 0 Å². The number of hydrogen-bond donors (Lipinski definition) is 1. The molecule has 9 nitrogen and oxygen atoms in total. The van der Waals surface area contributed by atoms with E-state index >= 15 is 0 Å². The first-order chi connectivity index (χ1) is 15.5. The van der Waals surface area contributed by atoms with Crippen LogP contribution < -0.4 is 10.2 Å². The van der Waals surface area contributed by atoms with E-state index in [2.05, 4.69) is 20.5 Å². The van der Waals surface area contributed by atoms with Crippen molar-refractivity contribution in [2.24, 2.45) is 0 Å². The molecule has 0 fully saturated rings. The summed E-state index contributed by atoms with van der Waals surface area (Å²) in [5, 5.41) is 11.0. The largest absolute Gasteiger partial charge is 0.337 e. The topological polar surface area (TPSA) is 97.9 Å². The van der Waals surface area contributed by atoms with Crippen molar-refractivity contribution < 1.29 is 18.4 Å². The van der Waals surface area contributed by atoms with Gasteiger partial charge in [-0.3, -0.25) is 18.9 Å². The molecule has 1 aliphatic heterocycles. The molecule has 168 valence electrons. The molecule has 2 atom stereocenters. The van der Waals surface area contributed by atoms with Crippen molar-refractivity contribution in [2.45, 2.75) is 38.1 Å². The molecule has 0 spiro atoms. The molecule has 1 aromatic carbocycles. The summed E-state index contributed by atoms with van der Waals surface area (Å²) in [4.78, 5) is 31.1. The van der Waals surface area contributed by atoms with Crippen molar-refractivity contribution in [3.8, 4) is 0 Å². The van der Waals surface area contributed by atoms with E-state index in [-0.39, 0.29) is 24.0 Å². The van der Waals surface area contributed by atoms with Crippen LogP contribution in [0.3, 0.4) is 0 Å². The van der Waals surface area contributed by atoms with Gasteiger partial charge in [0, 0.05) is 26.1 Å². The summed E-state index contributed by atoms with van der Waals surface area (Å²) in [6.45, 7) is -1.18. The zero-order chi connectivity index (χ0) is 22.7. The number of carbonyl (C=O) groups is 2. The maximum atomic E-state index is 13.7. The normalized spacial score (nSPS) is 17.0. The second-order valence-electron chi connectivity index (χ2n) is 7.46. The Kier molecular flexibility index (Phi) is 6.24. The number of amides is 2. The Morgan fingerprint density at radius 3 is 2.75 bits per heavy atom. The minimum atomic E-state index is -0.970. The number of nitrogens with zero attached hydrogens (tertiary/aromatic N) is 6. The van der Waals surface area contributed by atoms with Gasteiger partial charge in [-0.15, -0.1) is 5.10 Å². The first-order valence-corrected chi connectivity index (χ1v) is 10.3. The zero-order valence-electron chi connectivity index (χ0n) is 17.5. The standard InChI is InChI=1S/C21H23F2N7O2/c1-28-18-8-11-24-29(18)12-9-15(21(28)32)25-20(31)19-26-17(13-23)30(27-19)16(7-10-22)14-5-3-2-4-6-14/h2-6,8,11,15-16H,7,9-10,12-13H2,1H3,(H,25,31)/t15-,16+/m0/s1. The van der Waals surface area contributed by atoms with Gasteiger partial charge in [-0.1, -0.05) is 30.3 Å². The number of aromatic nitrogens is 5. The maximum Gasteiger partial charge on any atom is 0.291 e. The lowest BCUT2D eigenvalue weighted by Gasteiger charge is -2.20. The minimum absolute atomic E-state index is 0.0544. The fourth-order valence-corrected chi connectivity index (χ4v) is 3.86. The maximum absolute atomic E-state index is 13.7. The van der Waals surface area contributed by atoms with E-state index in [1.807, 2.05) is 6.07 Å². The number of anilines is 1. The molecule has 1 N–H and O–H groups in total. The van der Waals surface area contributed by atoms with E-state index in [0.717, 1.165) is 5.56 Å². The molecule has 0 bridgehead atoms. The Hall–Kier alpha value is -3.63. The van der Waals surface area contributed by atoms with Crippen molar-refractivity contribution in [3.05, 3.63) is 59.8 Å². The fourth-order valence-electron chi connectivity index (χ4n) is 3.86. The summed E-state index contributed by atoms with van der Waals surface area (Å²) >= 11 is 0. The van der Waals surface area contributed by atoms with Gasteiger partial charge in [0.1, 0.15) is 18.5 Å². The van der Waals surface area contributed by atoms with Crippen LogP contribution in [-0.4, -0.2) is 56.1 Å². The summed E-state index contributed by atoms with van der Waals surface area (Å²) in [5.74, 6) is -0.721. The number of halogens is 2. The van der Waals surface area contributed by atoms with Crippen LogP contribution in [0.2, 0.25) is 0 Å². The Bertz CT molecular complexity index is 1100. The highest BCUT2D eigenvalue weighted by atomic mass is 19.1. The number of likely N-dealkylation sites (N-methyl/N-ethyl adjacent to an activating group) is 1. The Morgan fingerprint density at radius 2 is 2.03 bits per heavy atom. The summed E-state index contributed by atoms with van der Waals surface area (Å²) in [6, 6.07) is 9.26. The van der Waals surface area contributed by atoms with Gasteiger partial charge in [-0.2, -0.15) is 5.10 Å². The number of alkyl halides is 2. The predicted molar refractivity (Wildman–Crippen MR) is 112 cm³/mol. The number of nitrogens with one attached hydrogen (secondary N) is 1. The molecule has 2 aromatic heterocycles. The number of aryl methyl sites for hydroxylation is 1. The Morgan fingerprint density at radius 1 is 1.25 bits per heavy atom. The first kappa shape index (κ1) is 21.6. The molecule has 0 saturated heterocycles. The van der Waals surface area contributed by atoms with Crippen LogP contribution in [0.25, 0.3) is 0 Å². The highest BCUT2D eigenvalue weighted by Crippen LogP contribution is 2.24. The fraction of sp³-hybridized carbons (Fsp3) is 0.381. The molecule has 0 saturated carbocycles. The quantitative estimate of drug-likeness (QED) is 0.603. The summed E-state index contributed by atoms with van der Waals surface area (Å²) in [7, 11) is 1.61. The van der Waals surface area contributed by atoms with Crippen LogP contribution in [0.15, 0.2) is 42.6 Å². The van der Waals surface area contributed by atoms with Crippen LogP contribution in [0, 0.1) is 0 Å². The number of hydrogen-bond acceptors (Lipinski definition) is 5. The smallest absolute Gasteiger partial charge is 0.291 e. The molecular weight excluding hydrogens is 420 g/mol. The highest BCUT2D eigenvalue weighted by molar-refractivity contribution is 6.00. The van der Waals surface area contributed by atoms with E-state index in [1.165, 1.54) is 9.58 Å². The molecule has 3 aromatic rings. The van der Waals surface area contributed by atoms with Gasteiger partial charge in [0.05, 0.1) is 18.9 Å². The average Bonchev–Trinajstić information content (AvgIpc) is 3.44. The Balaban J connectivity index is 1.56. The van der Waals surface area contributed by atoms with Gasteiger partial charge in [0.2, 0.25) is 5.82 Å². The minimum Gasteiger partial charge on any atom is -0.337 e. The van der Waals surface area contributed by atoms with Gasteiger partial charge >= 0.3 is 0 Å². The monoisotopic (exact) mass is 443 g/mol. The lowest BCUT2D eigenvalue weighted by atomic mass is 10.0. The SMILES string of the molecule is CN1C(=O)[C@@H](NC(=O)c2nc(CF)n([C@H](CCF)c3ccccc3)n2)CCn2nccc21. The third kappa shape index (κ3) is 4.10. The van der Waals surface area contributed by atoms with Gasteiger partial charge in [0.15, 0.2) is 5.82 Å². The molecule has 3 heterocycles. The third-order valence-corrected chi connectivity index (χ3v) is 5.49. The lowest BCUT2D eigenvalue weighted by Crippen LogP contribution is -2.47. The summed E-state index contributed by atoms with van der Waals surface area (Å²) in [5.41, 5.74) is 0.728. The van der Waals surface area contributed by atoms with E-state index in [4.69, 9.17) is 0 Å². The van der Waals surface area contributed by atoms with Crippen molar-refractivity contribution in [2.75, 3.05) is 18.6 Å². The lowest BCUT2D eigenvalue weighted by molar-refractivity contribution is -0.120. The summed E-state index contributed by atoms with van der Waals surface area (Å²) in [6.07, 6.45) is 1.99. The molecule has 0 aliphatic carbocycles. The number of rotatable bonds is 7. The van der Waals surface area contributed by atoms with Crippen molar-refractivity contribution >= 4 is 17.6 Å². The number of benzene rings is 1. The first-order valence-electron chi connectivity index (χ1n) is 10.3. The van der Waals surface area contributed by atoms with Crippen LogP contribution in [-0.2, 0) is 18.0 Å². The van der Waals surface area contributed by atoms with Crippen molar-refractivity contribution in [1.82, 2.24) is 29.9 Å². The zero-order valence-corrected chi connectivity index (χ0v) is 17.5. The van der Waals surface area contributed by atoms with Crippen molar-refractivity contribution in [3.63, 3.8) is 0 Å². The summed E-state index contributed by atoms with van der Waals surface area (Å²) < 4.78 is 29.9. The van der Waals surface area contributed by atoms with Crippen LogP contribution in [0.4, 0.5) is 14.6 Å². The number of carbonyl (C=O) groups excluding carboxylic acids is 2. The van der Waals surface area contributed by atoms with E-state index in [0.29, 0.717) is 18.8 Å². The Labute approximate surface area is 183 Å². The van der Waals surface area contributed by atoms with Crippen LogP contribution in [0.1, 0.15) is 40.9 Å². The van der Waals surface area contributed by atoms with Crippen LogP contribution >= 0.6 is 0 Å². The average molecular weight is 443 g/mol. The molecule has 0 unspecified atom stereocenters. The van der Waals surface area contributed by atoms with Crippen molar-refractivity contribution in [1.29, 1.82) is 0 Å². The van der Waals surface area contributed by atoms with E-state index in [1.54, 1.807) is 48.3 Å². The molecule has 32 heavy (non-hydrogen) atoms. The van der Waals surface area contributed by atoms with Gasteiger partial charge < -0.3 is 5.32 Å². The highest BCUT2D eigenvalue weighted by Gasteiger charge is 2.31. The van der Waals surface area contributed by atoms with E-state index < -0.39 is 31.3 Å². The second-order valence-corrected chi connectivity index (χ2v) is 7.46. The molecule has 4 rings (SSSR count). The van der Waals surface area contributed by atoms with Gasteiger partial charge in [-0.05, 0) is 12.0 Å². The van der Waals surface area contributed by atoms with E-state index in [9.17, 15) is 18.4 Å². The van der Waals surface area contributed by atoms with Gasteiger partial charge in [-0.25, -0.2) is 18.7 Å². The molecule has 0 radical (unpaired) electrons. The second kappa shape index (κ2) is 9.25. The van der Waals surface area contributed by atoms with Gasteiger partial charge in [0.25, 0.3) is 11.8 Å². The molecule has 11 heteroatoms. The number of fused-ring (bicyclic) bond motifs is 1.